The number of carbonyl (C=O) groups is 1. The molecule has 0 bridgehead atoms. The summed E-state index contributed by atoms with van der Waals surface area (Å²) >= 11 is 0. The molecule has 0 unspecified atom stereocenters. The first-order chi connectivity index (χ1) is 7.68. The Kier molecular flexibility index (Phi) is 5.48. The van der Waals surface area contributed by atoms with E-state index in [1.807, 2.05) is 30.3 Å². The van der Waals surface area contributed by atoms with E-state index in [0.29, 0.717) is 12.3 Å². The minimum atomic E-state index is -0.0236. The fraction of sp³-hybridized carbons (Fsp3) is 0.429. The Hall–Kier alpha value is -1.44. The van der Waals surface area contributed by atoms with Gasteiger partial charge < -0.3 is 0 Å². The molecule has 1 aromatic rings. The molecule has 0 aliphatic heterocycles. The van der Waals surface area contributed by atoms with Crippen LogP contribution in [-0.4, -0.2) is 12.1 Å². The lowest BCUT2D eigenvalue weighted by Gasteiger charge is -1.98. The number of hydrogen-bond acceptors (Lipinski definition) is 1. The van der Waals surface area contributed by atoms with Gasteiger partial charge in [0.05, 0.1) is 0 Å². The van der Waals surface area contributed by atoms with Gasteiger partial charge in [-0.2, -0.15) is 0 Å². The maximum Gasteiger partial charge on any atom is 0.245 e. The molecular weight excluding hydrogens is 198 g/mol. The van der Waals surface area contributed by atoms with E-state index in [4.69, 9.17) is 0 Å². The molecule has 1 rings (SSSR count). The van der Waals surface area contributed by atoms with E-state index < -0.39 is 0 Å². The van der Waals surface area contributed by atoms with Crippen LogP contribution in [0.2, 0.25) is 0 Å². The van der Waals surface area contributed by atoms with Crippen molar-refractivity contribution in [1.82, 2.24) is 0 Å². The second-order valence-corrected chi connectivity index (χ2v) is 4.32. The molecule has 0 fully saturated rings. The van der Waals surface area contributed by atoms with E-state index in [9.17, 15) is 4.79 Å². The molecule has 0 heterocycles. The Labute approximate surface area is 97.4 Å². The maximum atomic E-state index is 11.4. The van der Waals surface area contributed by atoms with E-state index in [1.165, 1.54) is 5.56 Å². The summed E-state index contributed by atoms with van der Waals surface area (Å²) in [5.41, 5.74) is 1.19. The average molecular weight is 217 g/mol. The smallest absolute Gasteiger partial charge is 0.245 e. The standard InChI is InChI=1S/C14H19NO/c1-12(2)10-11-15-14(16)9-8-13-6-4-3-5-7-13/h3-7,11-12H,8-10H2,1-2H3. The summed E-state index contributed by atoms with van der Waals surface area (Å²) in [6.07, 6.45) is 3.88. The monoisotopic (exact) mass is 217 g/mol. The first-order valence-corrected chi connectivity index (χ1v) is 5.77. The van der Waals surface area contributed by atoms with Crippen LogP contribution in [0.5, 0.6) is 0 Å². The molecule has 0 aliphatic carbocycles. The van der Waals surface area contributed by atoms with Gasteiger partial charge in [0.25, 0.3) is 0 Å². The highest BCUT2D eigenvalue weighted by Gasteiger charge is 1.99. The Bertz CT molecular complexity index is 341. The second kappa shape index (κ2) is 6.94. The van der Waals surface area contributed by atoms with Crippen LogP contribution in [0.25, 0.3) is 0 Å². The summed E-state index contributed by atoms with van der Waals surface area (Å²) in [6, 6.07) is 10.0. The van der Waals surface area contributed by atoms with Crippen LogP contribution in [0, 0.1) is 5.92 Å². The number of rotatable bonds is 5. The lowest BCUT2D eigenvalue weighted by molar-refractivity contribution is -0.117. The third-order valence-corrected chi connectivity index (χ3v) is 2.28. The van der Waals surface area contributed by atoms with Crippen molar-refractivity contribution in [3.63, 3.8) is 0 Å². The van der Waals surface area contributed by atoms with Crippen molar-refractivity contribution in [2.24, 2.45) is 10.9 Å². The minimum absolute atomic E-state index is 0.0236. The third kappa shape index (κ3) is 5.44. The van der Waals surface area contributed by atoms with Gasteiger partial charge in [-0.3, -0.25) is 4.79 Å². The van der Waals surface area contributed by atoms with E-state index in [2.05, 4.69) is 18.8 Å². The number of nitrogens with zero attached hydrogens (tertiary/aromatic N) is 1. The summed E-state index contributed by atoms with van der Waals surface area (Å²) < 4.78 is 0. The van der Waals surface area contributed by atoms with Gasteiger partial charge in [0.15, 0.2) is 0 Å². The van der Waals surface area contributed by atoms with Crippen molar-refractivity contribution in [2.45, 2.75) is 33.1 Å². The maximum absolute atomic E-state index is 11.4. The predicted octanol–water partition coefficient (Wildman–Crippen LogP) is 3.26. The van der Waals surface area contributed by atoms with E-state index in [0.717, 1.165) is 12.8 Å². The molecule has 16 heavy (non-hydrogen) atoms. The van der Waals surface area contributed by atoms with Gasteiger partial charge in [0, 0.05) is 12.6 Å². The van der Waals surface area contributed by atoms with Crippen LogP contribution >= 0.6 is 0 Å². The number of aliphatic imine (C=N–C) groups is 1. The minimum Gasteiger partial charge on any atom is -0.273 e. The van der Waals surface area contributed by atoms with Gasteiger partial charge in [-0.05, 0) is 24.3 Å². The van der Waals surface area contributed by atoms with Gasteiger partial charge in [-0.25, -0.2) is 4.99 Å². The van der Waals surface area contributed by atoms with Crippen molar-refractivity contribution in [3.05, 3.63) is 35.9 Å². The first-order valence-electron chi connectivity index (χ1n) is 5.77. The quantitative estimate of drug-likeness (QED) is 0.696. The van der Waals surface area contributed by atoms with Crippen LogP contribution in [0.4, 0.5) is 0 Å². The lowest BCUT2D eigenvalue weighted by atomic mass is 10.1. The van der Waals surface area contributed by atoms with Crippen LogP contribution < -0.4 is 0 Å². The zero-order valence-electron chi connectivity index (χ0n) is 10.0. The van der Waals surface area contributed by atoms with Crippen LogP contribution in [0.1, 0.15) is 32.3 Å². The Morgan fingerprint density at radius 3 is 2.62 bits per heavy atom. The molecule has 0 saturated heterocycles. The number of carbonyl (C=O) groups excluding carboxylic acids is 1. The van der Waals surface area contributed by atoms with E-state index >= 15 is 0 Å². The molecule has 2 heteroatoms. The fourth-order valence-electron chi connectivity index (χ4n) is 1.33. The van der Waals surface area contributed by atoms with E-state index in [1.54, 1.807) is 6.21 Å². The van der Waals surface area contributed by atoms with E-state index in [-0.39, 0.29) is 5.91 Å². The number of aryl methyl sites for hydroxylation is 1. The molecular formula is C14H19NO. The molecule has 0 atom stereocenters. The number of benzene rings is 1. The Morgan fingerprint density at radius 1 is 1.31 bits per heavy atom. The van der Waals surface area contributed by atoms with Crippen LogP contribution in [-0.2, 0) is 11.2 Å². The van der Waals surface area contributed by atoms with Crippen molar-refractivity contribution < 1.29 is 4.79 Å². The molecule has 0 spiro atoms. The third-order valence-electron chi connectivity index (χ3n) is 2.28. The summed E-state index contributed by atoms with van der Waals surface area (Å²) in [5, 5.41) is 0. The number of hydrogen-bond donors (Lipinski definition) is 0. The molecule has 86 valence electrons. The van der Waals surface area contributed by atoms with Crippen molar-refractivity contribution in [2.75, 3.05) is 0 Å². The van der Waals surface area contributed by atoms with Gasteiger partial charge in [0.2, 0.25) is 5.91 Å². The molecule has 0 aromatic heterocycles. The molecule has 1 aromatic carbocycles. The normalized spacial score (nSPS) is 11.2. The van der Waals surface area contributed by atoms with Crippen LogP contribution in [0.15, 0.2) is 35.3 Å². The van der Waals surface area contributed by atoms with Gasteiger partial charge in [0.1, 0.15) is 0 Å². The zero-order valence-corrected chi connectivity index (χ0v) is 10.0. The number of amides is 1. The fourth-order valence-corrected chi connectivity index (χ4v) is 1.33. The summed E-state index contributed by atoms with van der Waals surface area (Å²) in [4.78, 5) is 15.3. The zero-order chi connectivity index (χ0) is 11.8. The topological polar surface area (TPSA) is 29.4 Å². The summed E-state index contributed by atoms with van der Waals surface area (Å²) in [7, 11) is 0. The van der Waals surface area contributed by atoms with Crippen LogP contribution in [0.3, 0.4) is 0 Å². The molecule has 0 saturated carbocycles. The van der Waals surface area contributed by atoms with Gasteiger partial charge >= 0.3 is 0 Å². The molecule has 0 N–H and O–H groups in total. The Morgan fingerprint density at radius 2 is 2.00 bits per heavy atom. The summed E-state index contributed by atoms with van der Waals surface area (Å²) in [6.45, 7) is 4.22. The first kappa shape index (κ1) is 12.6. The highest BCUT2D eigenvalue weighted by molar-refractivity contribution is 5.85. The highest BCUT2D eigenvalue weighted by atomic mass is 16.1. The predicted molar refractivity (Wildman–Crippen MR) is 67.7 cm³/mol. The second-order valence-electron chi connectivity index (χ2n) is 4.32. The average Bonchev–Trinajstić information content (AvgIpc) is 2.27. The van der Waals surface area contributed by atoms with Crippen molar-refractivity contribution >= 4 is 12.1 Å². The largest absolute Gasteiger partial charge is 0.273 e. The highest BCUT2D eigenvalue weighted by Crippen LogP contribution is 2.03. The van der Waals surface area contributed by atoms with Crippen molar-refractivity contribution in [1.29, 1.82) is 0 Å². The Balaban J connectivity index is 2.28. The molecule has 0 aliphatic rings. The summed E-state index contributed by atoms with van der Waals surface area (Å²) in [5.74, 6) is 0.537. The lowest BCUT2D eigenvalue weighted by Crippen LogP contribution is -1.98. The van der Waals surface area contributed by atoms with Gasteiger partial charge in [-0.1, -0.05) is 44.2 Å². The molecule has 1 amide bonds. The SMILES string of the molecule is CC(C)CC=NC(=O)CCc1ccccc1. The molecule has 0 radical (unpaired) electrons. The molecule has 2 nitrogen and oxygen atoms in total. The van der Waals surface area contributed by atoms with Crippen molar-refractivity contribution in [3.8, 4) is 0 Å². The van der Waals surface area contributed by atoms with Gasteiger partial charge in [-0.15, -0.1) is 0 Å².